The van der Waals surface area contributed by atoms with Crippen LogP contribution in [0, 0.1) is 0 Å². The minimum Gasteiger partial charge on any atom is -0.294 e. The average molecular weight is 576 g/mol. The van der Waals surface area contributed by atoms with E-state index in [4.69, 9.17) is 34.8 Å². The van der Waals surface area contributed by atoms with Gasteiger partial charge in [0.25, 0.3) is 0 Å². The Morgan fingerprint density at radius 1 is 0.973 bits per heavy atom. The van der Waals surface area contributed by atoms with Crippen LogP contribution in [-0.4, -0.2) is 41.3 Å². The maximum absolute atomic E-state index is 13.2. The zero-order valence-electron chi connectivity index (χ0n) is 19.3. The van der Waals surface area contributed by atoms with E-state index in [1.165, 1.54) is 30.3 Å². The first-order valence-corrected chi connectivity index (χ1v) is 13.5. The van der Waals surface area contributed by atoms with E-state index >= 15 is 0 Å². The van der Waals surface area contributed by atoms with Gasteiger partial charge in [-0.2, -0.15) is 4.31 Å². The van der Waals surface area contributed by atoms with Gasteiger partial charge in [0.15, 0.2) is 0 Å². The van der Waals surface area contributed by atoms with Crippen molar-refractivity contribution in [1.29, 1.82) is 0 Å². The molecule has 11 heteroatoms. The van der Waals surface area contributed by atoms with Crippen LogP contribution < -0.4 is 5.32 Å². The van der Waals surface area contributed by atoms with Gasteiger partial charge in [0.1, 0.15) is 0 Å². The third-order valence-electron chi connectivity index (χ3n) is 5.29. The summed E-state index contributed by atoms with van der Waals surface area (Å²) in [4.78, 5) is 17.7. The minimum atomic E-state index is -3.99. The SMILES string of the molecule is C=CCN(CC(=O)Nc1nc(-c2ccc(Cl)cc2)cn1-c1cccc(Cl)c1)S(=O)(=O)c1ccc(Cl)cc1. The molecule has 0 aliphatic heterocycles. The van der Waals surface area contributed by atoms with E-state index in [-0.39, 0.29) is 17.4 Å². The van der Waals surface area contributed by atoms with Gasteiger partial charge in [-0.05, 0) is 54.6 Å². The maximum atomic E-state index is 13.2. The molecule has 4 rings (SSSR count). The van der Waals surface area contributed by atoms with E-state index in [0.29, 0.717) is 26.4 Å². The summed E-state index contributed by atoms with van der Waals surface area (Å²) in [5.74, 6) is -0.393. The van der Waals surface area contributed by atoms with Crippen LogP contribution in [0.25, 0.3) is 16.9 Å². The normalized spacial score (nSPS) is 11.5. The summed E-state index contributed by atoms with van der Waals surface area (Å²) in [5.41, 5.74) is 2.01. The van der Waals surface area contributed by atoms with E-state index in [0.717, 1.165) is 9.87 Å². The molecule has 0 saturated carbocycles. The van der Waals surface area contributed by atoms with Crippen molar-refractivity contribution in [2.45, 2.75) is 4.90 Å². The molecule has 0 atom stereocenters. The Hall–Kier alpha value is -3.14. The quantitative estimate of drug-likeness (QED) is 0.237. The van der Waals surface area contributed by atoms with Crippen molar-refractivity contribution in [1.82, 2.24) is 13.9 Å². The molecule has 3 aromatic carbocycles. The van der Waals surface area contributed by atoms with Crippen molar-refractivity contribution >= 4 is 56.7 Å². The molecule has 190 valence electrons. The highest BCUT2D eigenvalue weighted by molar-refractivity contribution is 7.89. The topological polar surface area (TPSA) is 84.3 Å². The van der Waals surface area contributed by atoms with Crippen LogP contribution in [0.4, 0.5) is 5.95 Å². The van der Waals surface area contributed by atoms with Crippen LogP contribution in [-0.2, 0) is 14.8 Å². The Kier molecular flexibility index (Phi) is 8.36. The van der Waals surface area contributed by atoms with E-state index in [1.54, 1.807) is 41.1 Å². The molecule has 4 aromatic rings. The third-order valence-corrected chi connectivity index (χ3v) is 7.85. The highest BCUT2D eigenvalue weighted by atomic mass is 35.5. The second-order valence-corrected chi connectivity index (χ2v) is 11.1. The number of amides is 1. The molecule has 37 heavy (non-hydrogen) atoms. The molecule has 0 aliphatic carbocycles. The molecule has 0 spiro atoms. The van der Waals surface area contributed by atoms with Gasteiger partial charge in [0, 0.05) is 39.1 Å². The molecule has 0 bridgehead atoms. The number of hydrogen-bond acceptors (Lipinski definition) is 4. The van der Waals surface area contributed by atoms with Crippen molar-refractivity contribution in [3.05, 3.63) is 107 Å². The third kappa shape index (κ3) is 6.41. The second kappa shape index (κ2) is 11.5. The average Bonchev–Trinajstić information content (AvgIpc) is 3.28. The van der Waals surface area contributed by atoms with E-state index < -0.39 is 22.5 Å². The summed E-state index contributed by atoms with van der Waals surface area (Å²) in [6.45, 7) is 3.09. The zero-order chi connectivity index (χ0) is 26.6. The van der Waals surface area contributed by atoms with Gasteiger partial charge < -0.3 is 0 Å². The fraction of sp³-hybridized carbons (Fsp3) is 0.0769. The van der Waals surface area contributed by atoms with Crippen molar-refractivity contribution in [2.24, 2.45) is 0 Å². The van der Waals surface area contributed by atoms with E-state index in [9.17, 15) is 13.2 Å². The number of halogens is 3. The summed E-state index contributed by atoms with van der Waals surface area (Å²) >= 11 is 18.1. The van der Waals surface area contributed by atoms with Gasteiger partial charge in [-0.3, -0.25) is 14.7 Å². The number of anilines is 1. The highest BCUT2D eigenvalue weighted by Gasteiger charge is 2.26. The van der Waals surface area contributed by atoms with Crippen molar-refractivity contribution < 1.29 is 13.2 Å². The molecule has 1 amide bonds. The first kappa shape index (κ1) is 26.9. The van der Waals surface area contributed by atoms with Crippen LogP contribution in [0.3, 0.4) is 0 Å². The number of benzene rings is 3. The van der Waals surface area contributed by atoms with Crippen LogP contribution in [0.5, 0.6) is 0 Å². The summed E-state index contributed by atoms with van der Waals surface area (Å²) < 4.78 is 29.0. The summed E-state index contributed by atoms with van der Waals surface area (Å²) in [6, 6.07) is 19.8. The van der Waals surface area contributed by atoms with Gasteiger partial charge in [-0.25, -0.2) is 13.4 Å². The number of sulfonamides is 1. The molecule has 1 N–H and O–H groups in total. The maximum Gasteiger partial charge on any atom is 0.243 e. The number of aromatic nitrogens is 2. The Bertz CT molecular complexity index is 1540. The number of carbonyl (C=O) groups is 1. The van der Waals surface area contributed by atoms with Crippen LogP contribution in [0.1, 0.15) is 0 Å². The van der Waals surface area contributed by atoms with E-state index in [2.05, 4.69) is 16.9 Å². The number of nitrogens with zero attached hydrogens (tertiary/aromatic N) is 3. The Morgan fingerprint density at radius 3 is 2.24 bits per heavy atom. The van der Waals surface area contributed by atoms with Crippen molar-refractivity contribution in [2.75, 3.05) is 18.4 Å². The number of nitrogens with one attached hydrogen (secondary N) is 1. The molecule has 0 unspecified atom stereocenters. The molecule has 0 radical (unpaired) electrons. The van der Waals surface area contributed by atoms with Gasteiger partial charge in [-0.15, -0.1) is 6.58 Å². The van der Waals surface area contributed by atoms with Gasteiger partial charge in [0.2, 0.25) is 21.9 Å². The number of carbonyl (C=O) groups excluding carboxylic acids is 1. The van der Waals surface area contributed by atoms with Gasteiger partial charge >= 0.3 is 0 Å². The molecular formula is C26H21Cl3N4O3S. The first-order valence-electron chi connectivity index (χ1n) is 10.9. The smallest absolute Gasteiger partial charge is 0.243 e. The predicted octanol–water partition coefficient (Wildman–Crippen LogP) is 6.31. The molecule has 1 aromatic heterocycles. The highest BCUT2D eigenvalue weighted by Crippen LogP contribution is 2.27. The lowest BCUT2D eigenvalue weighted by Crippen LogP contribution is -2.38. The Balaban J connectivity index is 1.65. The molecule has 0 saturated heterocycles. The Labute approximate surface area is 230 Å². The van der Waals surface area contributed by atoms with Crippen molar-refractivity contribution in [3.63, 3.8) is 0 Å². The van der Waals surface area contributed by atoms with Gasteiger partial charge in [-0.1, -0.05) is 59.1 Å². The lowest BCUT2D eigenvalue weighted by atomic mass is 10.2. The molecular weight excluding hydrogens is 555 g/mol. The monoisotopic (exact) mass is 574 g/mol. The second-order valence-electron chi connectivity index (χ2n) is 7.89. The largest absolute Gasteiger partial charge is 0.294 e. The lowest BCUT2D eigenvalue weighted by Gasteiger charge is -2.20. The number of rotatable bonds is 9. The molecule has 1 heterocycles. The van der Waals surface area contributed by atoms with Gasteiger partial charge in [0.05, 0.1) is 17.1 Å². The minimum absolute atomic E-state index is 0.0111. The molecule has 0 aliphatic rings. The standard InChI is InChI=1S/C26H21Cl3N4O3S/c1-2-14-32(37(35,36)23-12-10-20(28)11-13-23)17-25(34)31-26-30-24(18-6-8-19(27)9-7-18)16-33(26)22-5-3-4-21(29)15-22/h2-13,15-16H,1,14,17H2,(H,30,31,34). The zero-order valence-corrected chi connectivity index (χ0v) is 22.4. The summed E-state index contributed by atoms with van der Waals surface area (Å²) in [6.07, 6.45) is 3.16. The van der Waals surface area contributed by atoms with Crippen LogP contribution in [0.2, 0.25) is 15.1 Å². The number of imidazole rings is 1. The summed E-state index contributed by atoms with van der Waals surface area (Å²) in [7, 11) is -3.99. The fourth-order valence-corrected chi connectivity index (χ4v) is 5.33. The van der Waals surface area contributed by atoms with E-state index in [1.807, 2.05) is 18.2 Å². The van der Waals surface area contributed by atoms with Crippen LogP contribution >= 0.6 is 34.8 Å². The summed E-state index contributed by atoms with van der Waals surface area (Å²) in [5, 5.41) is 4.22. The van der Waals surface area contributed by atoms with Crippen LogP contribution in [0.15, 0.2) is 96.5 Å². The Morgan fingerprint density at radius 2 is 1.62 bits per heavy atom. The predicted molar refractivity (Wildman–Crippen MR) is 148 cm³/mol. The number of hydrogen-bond donors (Lipinski definition) is 1. The lowest BCUT2D eigenvalue weighted by molar-refractivity contribution is -0.116. The fourth-order valence-electron chi connectivity index (χ4n) is 3.52. The van der Waals surface area contributed by atoms with Crippen molar-refractivity contribution in [3.8, 4) is 16.9 Å². The molecule has 7 nitrogen and oxygen atoms in total. The first-order chi connectivity index (χ1) is 17.7. The molecule has 0 fully saturated rings.